The highest BCUT2D eigenvalue weighted by atomic mass is 19.1. The average Bonchev–Trinajstić information content (AvgIpc) is 2.22. The van der Waals surface area contributed by atoms with Crippen LogP contribution in [-0.4, -0.2) is 18.4 Å². The molecule has 0 radical (unpaired) electrons. The number of hydrogen-bond donors (Lipinski definition) is 1. The van der Waals surface area contributed by atoms with Crippen molar-refractivity contribution in [1.29, 1.82) is 0 Å². The summed E-state index contributed by atoms with van der Waals surface area (Å²) in [4.78, 5) is 11.1. The molecule has 0 aromatic heterocycles. The molecule has 86 valence electrons. The van der Waals surface area contributed by atoms with E-state index >= 15 is 0 Å². The molecule has 0 amide bonds. The number of ketones is 1. The van der Waals surface area contributed by atoms with Crippen LogP contribution in [0.3, 0.4) is 0 Å². The number of rotatable bonds is 1. The highest BCUT2D eigenvalue weighted by Gasteiger charge is 2.33. The topological polar surface area (TPSA) is 53.9 Å². The number of carbonyl (C=O) groups excluding carboxylic acids is 1. The maximum atomic E-state index is 13.5. The van der Waals surface area contributed by atoms with Gasteiger partial charge in [-0.3, -0.25) is 4.79 Å². The molecular weight excluding hydrogens is 216 g/mol. The summed E-state index contributed by atoms with van der Waals surface area (Å²) in [5, 5.41) is 0. The van der Waals surface area contributed by atoms with Crippen molar-refractivity contribution in [2.75, 3.05) is 6.61 Å². The molecule has 0 spiro atoms. The van der Waals surface area contributed by atoms with E-state index in [2.05, 4.69) is 5.73 Å². The van der Waals surface area contributed by atoms with Crippen LogP contribution < -0.4 is 5.73 Å². The first-order valence-electron chi connectivity index (χ1n) is 4.99. The minimum Gasteiger partial charge on any atom is -0.359 e. The van der Waals surface area contributed by atoms with E-state index in [1.165, 1.54) is 0 Å². The van der Waals surface area contributed by atoms with Crippen molar-refractivity contribution in [3.63, 3.8) is 0 Å². The van der Waals surface area contributed by atoms with Crippen LogP contribution in [0.5, 0.6) is 0 Å². The number of ether oxygens (including phenoxy) is 1. The molecule has 0 aliphatic carbocycles. The summed E-state index contributed by atoms with van der Waals surface area (Å²) < 4.78 is 31.7. The molecule has 1 fully saturated rings. The van der Waals surface area contributed by atoms with Crippen LogP contribution in [0.1, 0.15) is 18.1 Å². The minimum atomic E-state index is -0.645. The van der Waals surface area contributed by atoms with Crippen molar-refractivity contribution in [2.45, 2.75) is 18.6 Å². The second-order valence-corrected chi connectivity index (χ2v) is 3.90. The normalized spacial score (nSPS) is 25.8. The Hall–Kier alpha value is -1.33. The van der Waals surface area contributed by atoms with Gasteiger partial charge in [0.15, 0.2) is 5.78 Å². The zero-order valence-corrected chi connectivity index (χ0v) is 8.58. The maximum Gasteiger partial charge on any atom is 0.164 e. The van der Waals surface area contributed by atoms with E-state index < -0.39 is 17.7 Å². The third-order valence-corrected chi connectivity index (χ3v) is 2.61. The van der Waals surface area contributed by atoms with E-state index in [0.717, 1.165) is 18.2 Å². The molecule has 1 heterocycles. The van der Waals surface area contributed by atoms with Crippen molar-refractivity contribution in [3.05, 3.63) is 35.4 Å². The van der Waals surface area contributed by atoms with Gasteiger partial charge in [-0.15, -0.1) is 0 Å². The molecule has 5 heteroatoms. The SMILES string of the molecule is [NH3+][C@H]1CC(=O)CO[C@@H]1c1cc(F)ccc1F. The highest BCUT2D eigenvalue weighted by molar-refractivity contribution is 5.80. The molecule has 1 aromatic carbocycles. The van der Waals surface area contributed by atoms with Crippen LogP contribution in [-0.2, 0) is 9.53 Å². The summed E-state index contributed by atoms with van der Waals surface area (Å²) in [6.07, 6.45) is -0.408. The molecule has 0 saturated carbocycles. The summed E-state index contributed by atoms with van der Waals surface area (Å²) in [7, 11) is 0. The molecule has 16 heavy (non-hydrogen) atoms. The van der Waals surface area contributed by atoms with Gasteiger partial charge in [-0.1, -0.05) is 0 Å². The first-order valence-corrected chi connectivity index (χ1v) is 4.99. The Bertz CT molecular complexity index is 422. The van der Waals surface area contributed by atoms with Crippen molar-refractivity contribution < 1.29 is 24.0 Å². The fourth-order valence-corrected chi connectivity index (χ4v) is 1.85. The molecule has 0 bridgehead atoms. The molecule has 1 aliphatic heterocycles. The van der Waals surface area contributed by atoms with Crippen LogP contribution in [0.15, 0.2) is 18.2 Å². The van der Waals surface area contributed by atoms with Crippen LogP contribution in [0.2, 0.25) is 0 Å². The smallest absolute Gasteiger partial charge is 0.164 e. The fraction of sp³-hybridized carbons (Fsp3) is 0.364. The molecule has 2 atom stereocenters. The number of hydrogen-bond acceptors (Lipinski definition) is 2. The second kappa shape index (κ2) is 4.27. The molecule has 1 saturated heterocycles. The third-order valence-electron chi connectivity index (χ3n) is 2.61. The zero-order valence-electron chi connectivity index (χ0n) is 8.58. The maximum absolute atomic E-state index is 13.5. The van der Waals surface area contributed by atoms with Crippen molar-refractivity contribution in [2.24, 2.45) is 0 Å². The summed E-state index contributed by atoms with van der Waals surface area (Å²) in [6.45, 7) is -0.0629. The first kappa shape index (κ1) is 11.2. The van der Waals surface area contributed by atoms with Crippen LogP contribution in [0.4, 0.5) is 8.78 Å². The summed E-state index contributed by atoms with van der Waals surface area (Å²) in [6, 6.07) is 2.81. The van der Waals surface area contributed by atoms with E-state index in [0.29, 0.717) is 0 Å². The first-order chi connectivity index (χ1) is 7.58. The predicted octanol–water partition coefficient (Wildman–Crippen LogP) is 0.606. The van der Waals surface area contributed by atoms with E-state index in [-0.39, 0.29) is 30.4 Å². The molecular formula is C11H12F2NO2+. The van der Waals surface area contributed by atoms with Gasteiger partial charge < -0.3 is 10.5 Å². The zero-order chi connectivity index (χ0) is 11.7. The lowest BCUT2D eigenvalue weighted by Crippen LogP contribution is -2.66. The molecule has 0 unspecified atom stereocenters. The third kappa shape index (κ3) is 2.10. The highest BCUT2D eigenvalue weighted by Crippen LogP contribution is 2.27. The van der Waals surface area contributed by atoms with Crippen molar-refractivity contribution in [3.8, 4) is 0 Å². The molecule has 3 nitrogen and oxygen atoms in total. The standard InChI is InChI=1S/C11H11F2NO2/c12-6-1-2-9(13)8(3-6)11-10(14)4-7(15)5-16-11/h1-3,10-11H,4-5,14H2/p+1/t10-,11+/m0/s1. The Morgan fingerprint density at radius 2 is 2.12 bits per heavy atom. The number of Topliss-reactive ketones (excluding diaryl/α,β-unsaturated/α-hetero) is 1. The fourth-order valence-electron chi connectivity index (χ4n) is 1.85. The second-order valence-electron chi connectivity index (χ2n) is 3.90. The van der Waals surface area contributed by atoms with Crippen molar-refractivity contribution >= 4 is 5.78 Å². The monoisotopic (exact) mass is 228 g/mol. The Kier molecular flexibility index (Phi) is 2.98. The lowest BCUT2D eigenvalue weighted by Gasteiger charge is -2.26. The lowest BCUT2D eigenvalue weighted by molar-refractivity contribution is -0.443. The lowest BCUT2D eigenvalue weighted by atomic mass is 9.96. The van der Waals surface area contributed by atoms with Gasteiger partial charge in [0.25, 0.3) is 0 Å². The van der Waals surface area contributed by atoms with Gasteiger partial charge in [-0.05, 0) is 18.2 Å². The van der Waals surface area contributed by atoms with E-state index in [9.17, 15) is 13.6 Å². The molecule has 2 rings (SSSR count). The largest absolute Gasteiger partial charge is 0.359 e. The van der Waals surface area contributed by atoms with Gasteiger partial charge in [0.05, 0.1) is 6.42 Å². The van der Waals surface area contributed by atoms with Crippen LogP contribution >= 0.6 is 0 Å². The van der Waals surface area contributed by atoms with Crippen LogP contribution in [0.25, 0.3) is 0 Å². The van der Waals surface area contributed by atoms with Gasteiger partial charge in [0, 0.05) is 5.56 Å². The van der Waals surface area contributed by atoms with Gasteiger partial charge in [0.2, 0.25) is 0 Å². The molecule has 1 aromatic rings. The number of benzene rings is 1. The Labute approximate surface area is 91.2 Å². The number of quaternary nitrogens is 1. The van der Waals surface area contributed by atoms with E-state index in [1.54, 1.807) is 0 Å². The number of halogens is 2. The Morgan fingerprint density at radius 3 is 2.81 bits per heavy atom. The molecule has 3 N–H and O–H groups in total. The minimum absolute atomic E-state index is 0.0620. The average molecular weight is 228 g/mol. The van der Waals surface area contributed by atoms with Crippen molar-refractivity contribution in [1.82, 2.24) is 0 Å². The van der Waals surface area contributed by atoms with E-state index in [4.69, 9.17) is 4.74 Å². The van der Waals surface area contributed by atoms with Gasteiger partial charge >= 0.3 is 0 Å². The summed E-state index contributed by atoms with van der Waals surface area (Å²) >= 11 is 0. The van der Waals surface area contributed by atoms with Gasteiger partial charge in [0.1, 0.15) is 30.4 Å². The predicted molar refractivity (Wildman–Crippen MR) is 51.4 cm³/mol. The summed E-state index contributed by atoms with van der Waals surface area (Å²) in [5.74, 6) is -1.12. The summed E-state index contributed by atoms with van der Waals surface area (Å²) in [5.41, 5.74) is 3.87. The van der Waals surface area contributed by atoms with E-state index in [1.807, 2.05) is 0 Å². The number of carbonyl (C=O) groups is 1. The molecule has 1 aliphatic rings. The quantitative estimate of drug-likeness (QED) is 0.765. The van der Waals surface area contributed by atoms with Gasteiger partial charge in [-0.25, -0.2) is 8.78 Å². The Morgan fingerprint density at radius 1 is 1.38 bits per heavy atom. The Balaban J connectivity index is 2.29. The van der Waals surface area contributed by atoms with Crippen LogP contribution in [0, 0.1) is 11.6 Å². The van der Waals surface area contributed by atoms with Gasteiger partial charge in [-0.2, -0.15) is 0 Å².